The van der Waals surface area contributed by atoms with Crippen molar-refractivity contribution in [2.75, 3.05) is 19.6 Å². The summed E-state index contributed by atoms with van der Waals surface area (Å²) in [5.41, 5.74) is 2.26. The summed E-state index contributed by atoms with van der Waals surface area (Å²) in [5.74, 6) is 3.38. The number of likely N-dealkylation sites (tertiary alicyclic amines) is 1. The van der Waals surface area contributed by atoms with Gasteiger partial charge in [0.25, 0.3) is 0 Å². The zero-order valence-electron chi connectivity index (χ0n) is 16.9. The Morgan fingerprint density at radius 3 is 2.62 bits per heavy atom. The molecule has 2 atom stereocenters. The zero-order chi connectivity index (χ0) is 18.5. The van der Waals surface area contributed by atoms with Gasteiger partial charge < -0.3 is 0 Å². The van der Waals surface area contributed by atoms with Crippen molar-refractivity contribution in [2.24, 2.45) is 30.2 Å². The fourth-order valence-corrected chi connectivity index (χ4v) is 5.54. The van der Waals surface area contributed by atoms with Crippen LogP contribution in [-0.2, 0) is 20.0 Å². The largest absolute Gasteiger partial charge is 0.345 e. The Labute approximate surface area is 157 Å². The Morgan fingerprint density at radius 2 is 2.00 bits per heavy atom. The molecule has 4 aliphatic rings. The van der Waals surface area contributed by atoms with Gasteiger partial charge in [0.2, 0.25) is 0 Å². The number of hydrogen-bond donors (Lipinski definition) is 0. The quantitative estimate of drug-likeness (QED) is 0.760. The molecule has 0 unspecified atom stereocenters. The van der Waals surface area contributed by atoms with Crippen LogP contribution in [0.2, 0.25) is 0 Å². The van der Waals surface area contributed by atoms with Crippen molar-refractivity contribution in [1.29, 1.82) is 0 Å². The van der Waals surface area contributed by atoms with E-state index in [1.807, 2.05) is 11.5 Å². The lowest BCUT2D eigenvalue weighted by atomic mass is 9.49. The molecule has 1 aromatic rings. The summed E-state index contributed by atoms with van der Waals surface area (Å²) >= 11 is 0. The standard InChI is InChI=1S/C21H34N4O/c1-5-25-19(22-23(4)20(25)26)12-15-8-10-24(11-9-15)14-16-6-7-17-13-18(16)21(17,2)3/h6,15,17-18H,5,7-14H2,1-4H3/t17-,18-/m0/s1. The monoisotopic (exact) mass is 358 g/mol. The maximum absolute atomic E-state index is 12.1. The molecule has 0 amide bonds. The van der Waals surface area contributed by atoms with Crippen LogP contribution < -0.4 is 5.69 Å². The molecule has 1 saturated carbocycles. The van der Waals surface area contributed by atoms with Gasteiger partial charge >= 0.3 is 5.69 Å². The highest BCUT2D eigenvalue weighted by Gasteiger charge is 2.51. The summed E-state index contributed by atoms with van der Waals surface area (Å²) in [6.45, 7) is 11.2. The number of rotatable bonds is 5. The number of aryl methyl sites for hydroxylation is 1. The van der Waals surface area contributed by atoms with Crippen LogP contribution in [0.3, 0.4) is 0 Å². The second kappa shape index (κ2) is 6.66. The van der Waals surface area contributed by atoms with Crippen molar-refractivity contribution < 1.29 is 0 Å². The molecular weight excluding hydrogens is 324 g/mol. The predicted molar refractivity (Wildman–Crippen MR) is 104 cm³/mol. The Hall–Kier alpha value is -1.36. The molecule has 5 rings (SSSR count). The van der Waals surface area contributed by atoms with Crippen LogP contribution in [0.4, 0.5) is 0 Å². The molecule has 2 bridgehead atoms. The van der Waals surface area contributed by atoms with Gasteiger partial charge in [0.15, 0.2) is 0 Å². The van der Waals surface area contributed by atoms with E-state index in [1.54, 1.807) is 12.6 Å². The highest BCUT2D eigenvalue weighted by atomic mass is 16.2. The summed E-state index contributed by atoms with van der Waals surface area (Å²) < 4.78 is 3.31. The van der Waals surface area contributed by atoms with Crippen LogP contribution in [0.5, 0.6) is 0 Å². The smallest absolute Gasteiger partial charge is 0.299 e. The van der Waals surface area contributed by atoms with E-state index >= 15 is 0 Å². The van der Waals surface area contributed by atoms with E-state index in [2.05, 4.69) is 29.9 Å². The van der Waals surface area contributed by atoms with Crippen LogP contribution in [-0.4, -0.2) is 38.9 Å². The highest BCUT2D eigenvalue weighted by molar-refractivity contribution is 5.24. The van der Waals surface area contributed by atoms with Gasteiger partial charge in [0.1, 0.15) is 5.82 Å². The van der Waals surface area contributed by atoms with E-state index in [9.17, 15) is 4.79 Å². The van der Waals surface area contributed by atoms with Crippen LogP contribution in [0.25, 0.3) is 0 Å². The number of piperidine rings is 1. The lowest BCUT2D eigenvalue weighted by Gasteiger charge is -2.57. The summed E-state index contributed by atoms with van der Waals surface area (Å²) in [5, 5.41) is 4.46. The molecule has 5 heteroatoms. The Bertz CT molecular complexity index is 749. The van der Waals surface area contributed by atoms with Crippen LogP contribution in [0.1, 0.15) is 52.3 Å². The van der Waals surface area contributed by atoms with Crippen molar-refractivity contribution in [1.82, 2.24) is 19.2 Å². The molecule has 1 saturated heterocycles. The maximum atomic E-state index is 12.1. The van der Waals surface area contributed by atoms with Crippen molar-refractivity contribution in [2.45, 2.75) is 59.4 Å². The van der Waals surface area contributed by atoms with Gasteiger partial charge in [-0.2, -0.15) is 5.10 Å². The molecule has 0 spiro atoms. The third-order valence-corrected chi connectivity index (χ3v) is 7.57. The predicted octanol–water partition coefficient (Wildman–Crippen LogP) is 2.85. The topological polar surface area (TPSA) is 43.1 Å². The molecule has 3 aliphatic carbocycles. The average molecular weight is 359 g/mol. The van der Waals surface area contributed by atoms with E-state index in [-0.39, 0.29) is 5.69 Å². The van der Waals surface area contributed by atoms with Crippen molar-refractivity contribution >= 4 is 0 Å². The number of hydrogen-bond acceptors (Lipinski definition) is 3. The minimum Gasteiger partial charge on any atom is -0.299 e. The van der Waals surface area contributed by atoms with Gasteiger partial charge in [0, 0.05) is 26.6 Å². The first kappa shape index (κ1) is 18.0. The lowest BCUT2D eigenvalue weighted by molar-refractivity contribution is -0.0115. The summed E-state index contributed by atoms with van der Waals surface area (Å²) in [4.78, 5) is 14.7. The summed E-state index contributed by atoms with van der Waals surface area (Å²) in [7, 11) is 1.75. The fourth-order valence-electron chi connectivity index (χ4n) is 5.54. The first-order valence-electron chi connectivity index (χ1n) is 10.4. The normalized spacial score (nSPS) is 28.7. The Kier molecular flexibility index (Phi) is 4.62. The number of allylic oxidation sites excluding steroid dienone is 1. The van der Waals surface area contributed by atoms with Crippen molar-refractivity contribution in [3.05, 3.63) is 28.0 Å². The molecule has 1 aromatic heterocycles. The van der Waals surface area contributed by atoms with Crippen molar-refractivity contribution in [3.63, 3.8) is 0 Å². The van der Waals surface area contributed by atoms with Gasteiger partial charge in [-0.3, -0.25) is 9.47 Å². The van der Waals surface area contributed by atoms with Gasteiger partial charge in [0.05, 0.1) is 0 Å². The molecule has 0 N–H and O–H groups in total. The van der Waals surface area contributed by atoms with Gasteiger partial charge in [-0.05, 0) is 68.9 Å². The molecule has 0 radical (unpaired) electrons. The van der Waals surface area contributed by atoms with E-state index in [1.165, 1.54) is 50.0 Å². The summed E-state index contributed by atoms with van der Waals surface area (Å²) in [6.07, 6.45) is 8.64. The SMILES string of the molecule is CCn1c(CC2CCN(CC3=CC[C@H]4C[C@@H]3C4(C)C)CC2)nn(C)c1=O. The molecule has 5 nitrogen and oxygen atoms in total. The first-order valence-corrected chi connectivity index (χ1v) is 10.4. The minimum absolute atomic E-state index is 0.0191. The third-order valence-electron chi connectivity index (χ3n) is 7.57. The third kappa shape index (κ3) is 2.98. The number of aromatic nitrogens is 3. The van der Waals surface area contributed by atoms with E-state index in [0.717, 1.165) is 24.1 Å². The van der Waals surface area contributed by atoms with Crippen LogP contribution in [0.15, 0.2) is 16.4 Å². The second-order valence-electron chi connectivity index (χ2n) is 9.31. The minimum atomic E-state index is 0.0191. The average Bonchev–Trinajstić information content (AvgIpc) is 2.89. The van der Waals surface area contributed by atoms with E-state index in [4.69, 9.17) is 0 Å². The zero-order valence-corrected chi connectivity index (χ0v) is 16.9. The molecular formula is C21H34N4O. The molecule has 2 fully saturated rings. The maximum Gasteiger partial charge on any atom is 0.345 e. The van der Waals surface area contributed by atoms with Gasteiger partial charge in [-0.25, -0.2) is 9.48 Å². The second-order valence-corrected chi connectivity index (χ2v) is 9.31. The van der Waals surface area contributed by atoms with E-state index < -0.39 is 0 Å². The van der Waals surface area contributed by atoms with Crippen LogP contribution in [0, 0.1) is 23.2 Å². The molecule has 1 aliphatic heterocycles. The molecule has 144 valence electrons. The summed E-state index contributed by atoms with van der Waals surface area (Å²) in [6, 6.07) is 0. The highest BCUT2D eigenvalue weighted by Crippen LogP contribution is 2.59. The van der Waals surface area contributed by atoms with Gasteiger partial charge in [-0.15, -0.1) is 0 Å². The Balaban J connectivity index is 1.32. The number of nitrogens with zero attached hydrogens (tertiary/aromatic N) is 4. The fraction of sp³-hybridized carbons (Fsp3) is 0.810. The Morgan fingerprint density at radius 1 is 1.27 bits per heavy atom. The van der Waals surface area contributed by atoms with E-state index in [0.29, 0.717) is 17.9 Å². The molecule has 26 heavy (non-hydrogen) atoms. The van der Waals surface area contributed by atoms with Crippen molar-refractivity contribution in [3.8, 4) is 0 Å². The lowest BCUT2D eigenvalue weighted by Crippen LogP contribution is -2.50. The first-order chi connectivity index (χ1) is 12.4. The van der Waals surface area contributed by atoms with Crippen LogP contribution >= 0.6 is 0 Å². The van der Waals surface area contributed by atoms with Gasteiger partial charge in [-0.1, -0.05) is 25.5 Å². The number of fused-ring (bicyclic) bond motifs is 1. The molecule has 0 aromatic carbocycles. The molecule has 2 heterocycles.